The summed E-state index contributed by atoms with van der Waals surface area (Å²) in [6.07, 6.45) is -4.99. The van der Waals surface area contributed by atoms with Crippen LogP contribution in [0.1, 0.15) is 49.4 Å². The Bertz CT molecular complexity index is 363. The Labute approximate surface area is 104 Å². The quantitative estimate of drug-likeness (QED) is 0.862. The number of nitrogens with two attached hydrogens (primary N) is 1. The monoisotopic (exact) mass is 265 g/mol. The molecule has 1 nitrogen and oxygen atoms in total. The lowest BCUT2D eigenvalue weighted by Crippen LogP contribution is -2.14. The van der Waals surface area contributed by atoms with E-state index in [1.807, 2.05) is 12.1 Å². The summed E-state index contributed by atoms with van der Waals surface area (Å²) in [6, 6.07) is 3.28. The van der Waals surface area contributed by atoms with Gasteiger partial charge < -0.3 is 5.73 Å². The van der Waals surface area contributed by atoms with Crippen LogP contribution in [0.2, 0.25) is 0 Å². The third-order valence-electron chi connectivity index (χ3n) is 2.47. The van der Waals surface area contributed by atoms with Gasteiger partial charge in [0, 0.05) is 22.2 Å². The minimum Gasteiger partial charge on any atom is -0.323 e. The first kappa shape index (κ1) is 14.5. The second-order valence-corrected chi connectivity index (χ2v) is 6.33. The Hall–Kier alpha value is -0.550. The van der Waals surface area contributed by atoms with E-state index in [0.29, 0.717) is 0 Å². The SMILES string of the molecule is CC(C)(C)c1ccc(C(N)CCC(F)(F)F)s1. The molecule has 0 bridgehead atoms. The topological polar surface area (TPSA) is 26.0 Å². The molecular formula is C12H18F3NS. The maximum absolute atomic E-state index is 12.1. The zero-order valence-corrected chi connectivity index (χ0v) is 11.1. The van der Waals surface area contributed by atoms with Crippen LogP contribution in [0.25, 0.3) is 0 Å². The van der Waals surface area contributed by atoms with Crippen molar-refractivity contribution in [3.05, 3.63) is 21.9 Å². The molecule has 98 valence electrons. The number of hydrogen-bond acceptors (Lipinski definition) is 2. The molecule has 0 aliphatic rings. The normalized spacial score (nSPS) is 15.0. The summed E-state index contributed by atoms with van der Waals surface area (Å²) in [6.45, 7) is 6.22. The van der Waals surface area contributed by atoms with Crippen molar-refractivity contribution in [1.29, 1.82) is 0 Å². The third kappa shape index (κ3) is 4.68. The van der Waals surface area contributed by atoms with Gasteiger partial charge in [-0.3, -0.25) is 0 Å². The van der Waals surface area contributed by atoms with Gasteiger partial charge in [-0.1, -0.05) is 20.8 Å². The van der Waals surface area contributed by atoms with Crippen LogP contribution < -0.4 is 5.73 Å². The van der Waals surface area contributed by atoms with Crippen molar-refractivity contribution >= 4 is 11.3 Å². The second kappa shape index (κ2) is 4.98. The number of hydrogen-bond donors (Lipinski definition) is 1. The smallest absolute Gasteiger partial charge is 0.323 e. The van der Waals surface area contributed by atoms with Crippen LogP contribution in [-0.2, 0) is 5.41 Å². The Morgan fingerprint density at radius 1 is 1.24 bits per heavy atom. The molecule has 17 heavy (non-hydrogen) atoms. The number of rotatable bonds is 3. The molecule has 1 rings (SSSR count). The van der Waals surface area contributed by atoms with E-state index in [1.165, 1.54) is 11.3 Å². The van der Waals surface area contributed by atoms with Gasteiger partial charge in [-0.2, -0.15) is 13.2 Å². The Morgan fingerprint density at radius 3 is 2.24 bits per heavy atom. The average molecular weight is 265 g/mol. The third-order valence-corrected chi connectivity index (χ3v) is 4.11. The van der Waals surface area contributed by atoms with Crippen molar-refractivity contribution in [3.8, 4) is 0 Å². The van der Waals surface area contributed by atoms with Gasteiger partial charge in [0.15, 0.2) is 0 Å². The molecule has 0 amide bonds. The van der Waals surface area contributed by atoms with Gasteiger partial charge in [0.25, 0.3) is 0 Å². The first-order chi connectivity index (χ1) is 7.59. The second-order valence-electron chi connectivity index (χ2n) is 5.21. The van der Waals surface area contributed by atoms with E-state index in [-0.39, 0.29) is 11.8 Å². The molecule has 0 saturated heterocycles. The number of thiophene rings is 1. The lowest BCUT2D eigenvalue weighted by atomic mass is 9.95. The van der Waals surface area contributed by atoms with Crippen LogP contribution in [0, 0.1) is 0 Å². The van der Waals surface area contributed by atoms with Crippen molar-refractivity contribution < 1.29 is 13.2 Å². The summed E-state index contributed by atoms with van der Waals surface area (Å²) in [5, 5.41) is 0. The van der Waals surface area contributed by atoms with E-state index in [1.54, 1.807) is 0 Å². The van der Waals surface area contributed by atoms with Crippen LogP contribution in [0.4, 0.5) is 13.2 Å². The van der Waals surface area contributed by atoms with Crippen LogP contribution in [-0.4, -0.2) is 6.18 Å². The zero-order valence-electron chi connectivity index (χ0n) is 10.3. The highest BCUT2D eigenvalue weighted by Crippen LogP contribution is 2.34. The molecule has 0 aliphatic heterocycles. The van der Waals surface area contributed by atoms with Gasteiger partial charge in [-0.15, -0.1) is 11.3 Å². The number of alkyl halides is 3. The first-order valence-corrected chi connectivity index (χ1v) is 6.34. The van der Waals surface area contributed by atoms with Crippen molar-refractivity contribution in [1.82, 2.24) is 0 Å². The minimum absolute atomic E-state index is 0.0205. The van der Waals surface area contributed by atoms with Gasteiger partial charge in [0.2, 0.25) is 0 Å². The summed E-state index contributed by atoms with van der Waals surface area (Å²) in [5.74, 6) is 0. The lowest BCUT2D eigenvalue weighted by molar-refractivity contribution is -0.136. The molecule has 0 aromatic carbocycles. The van der Waals surface area contributed by atoms with Crippen LogP contribution in [0.5, 0.6) is 0 Å². The van der Waals surface area contributed by atoms with Crippen LogP contribution in [0.15, 0.2) is 12.1 Å². The average Bonchev–Trinajstić information content (AvgIpc) is 2.60. The van der Waals surface area contributed by atoms with E-state index in [2.05, 4.69) is 20.8 Å². The molecule has 5 heteroatoms. The Balaban J connectivity index is 2.64. The van der Waals surface area contributed by atoms with Crippen molar-refractivity contribution in [3.63, 3.8) is 0 Å². The molecule has 1 aromatic heterocycles. The molecule has 1 aromatic rings. The first-order valence-electron chi connectivity index (χ1n) is 5.52. The molecule has 0 aliphatic carbocycles. The summed E-state index contributed by atoms with van der Waals surface area (Å²) < 4.78 is 36.2. The largest absolute Gasteiger partial charge is 0.389 e. The predicted octanol–water partition coefficient (Wildman–Crippen LogP) is 4.39. The van der Waals surface area contributed by atoms with Crippen LogP contribution in [0.3, 0.4) is 0 Å². The molecule has 0 spiro atoms. The molecule has 1 heterocycles. The molecular weight excluding hydrogens is 247 g/mol. The summed E-state index contributed by atoms with van der Waals surface area (Å²) in [7, 11) is 0. The Kier molecular flexibility index (Phi) is 4.25. The van der Waals surface area contributed by atoms with Gasteiger partial charge in [0.1, 0.15) is 0 Å². The van der Waals surface area contributed by atoms with E-state index in [4.69, 9.17) is 5.73 Å². The van der Waals surface area contributed by atoms with Gasteiger partial charge in [-0.25, -0.2) is 0 Å². The fraction of sp³-hybridized carbons (Fsp3) is 0.667. The lowest BCUT2D eigenvalue weighted by Gasteiger charge is -2.16. The molecule has 0 radical (unpaired) electrons. The fourth-order valence-corrected chi connectivity index (χ4v) is 2.52. The molecule has 1 unspecified atom stereocenters. The van der Waals surface area contributed by atoms with Crippen molar-refractivity contribution in [2.75, 3.05) is 0 Å². The summed E-state index contributed by atoms with van der Waals surface area (Å²) >= 11 is 1.51. The predicted molar refractivity (Wildman–Crippen MR) is 65.2 cm³/mol. The van der Waals surface area contributed by atoms with Crippen molar-refractivity contribution in [2.45, 2.75) is 51.2 Å². The maximum Gasteiger partial charge on any atom is 0.389 e. The van der Waals surface area contributed by atoms with Gasteiger partial charge >= 0.3 is 6.18 Å². The molecule has 2 N–H and O–H groups in total. The molecule has 0 saturated carbocycles. The minimum atomic E-state index is -4.12. The molecule has 1 atom stereocenters. The standard InChI is InChI=1S/C12H18F3NS/c1-11(2,3)10-5-4-9(17-10)8(16)6-7-12(13,14)15/h4-5,8H,6-7,16H2,1-3H3. The Morgan fingerprint density at radius 2 is 1.82 bits per heavy atom. The van der Waals surface area contributed by atoms with Gasteiger partial charge in [0.05, 0.1) is 0 Å². The van der Waals surface area contributed by atoms with E-state index >= 15 is 0 Å². The fourth-order valence-electron chi connectivity index (χ4n) is 1.42. The summed E-state index contributed by atoms with van der Waals surface area (Å²) in [4.78, 5) is 1.98. The highest BCUT2D eigenvalue weighted by atomic mass is 32.1. The maximum atomic E-state index is 12.1. The van der Waals surface area contributed by atoms with Crippen LogP contribution >= 0.6 is 11.3 Å². The highest BCUT2D eigenvalue weighted by molar-refractivity contribution is 7.12. The molecule has 0 fully saturated rings. The van der Waals surface area contributed by atoms with Gasteiger partial charge in [-0.05, 0) is 24.0 Å². The van der Waals surface area contributed by atoms with E-state index in [0.717, 1.165) is 9.75 Å². The van der Waals surface area contributed by atoms with Crippen molar-refractivity contribution in [2.24, 2.45) is 5.73 Å². The highest BCUT2D eigenvalue weighted by Gasteiger charge is 2.28. The number of halogens is 3. The summed E-state index contributed by atoms with van der Waals surface area (Å²) in [5.41, 5.74) is 5.79. The zero-order chi connectivity index (χ0) is 13.3. The van der Waals surface area contributed by atoms with E-state index in [9.17, 15) is 13.2 Å². The van der Waals surface area contributed by atoms with E-state index < -0.39 is 18.6 Å².